The van der Waals surface area contributed by atoms with E-state index in [0.29, 0.717) is 11.5 Å². The molecule has 1 aliphatic heterocycles. The molecule has 0 unspecified atom stereocenters. The number of anilines is 1. The van der Waals surface area contributed by atoms with E-state index in [0.717, 1.165) is 45.1 Å². The van der Waals surface area contributed by atoms with Gasteiger partial charge in [0.1, 0.15) is 11.5 Å². The van der Waals surface area contributed by atoms with Crippen molar-refractivity contribution in [1.82, 2.24) is 15.2 Å². The summed E-state index contributed by atoms with van der Waals surface area (Å²) in [5.41, 5.74) is 5.93. The molecule has 0 bridgehead atoms. The number of aromatic nitrogens is 1. The molecular weight excluding hydrogens is 320 g/mol. The second kappa shape index (κ2) is 7.82. The van der Waals surface area contributed by atoms with Crippen LogP contribution in [0.5, 0.6) is 0 Å². The highest BCUT2D eigenvalue weighted by Gasteiger charge is 2.35. The molecular formula is C18H26N4O3. The normalized spacial score (nSPS) is 26.4. The quantitative estimate of drug-likeness (QED) is 0.752. The van der Waals surface area contributed by atoms with E-state index in [-0.39, 0.29) is 36.4 Å². The first-order chi connectivity index (χ1) is 12.1. The smallest absolute Gasteiger partial charge is 0.270 e. The minimum Gasteiger partial charge on any atom is -0.394 e. The summed E-state index contributed by atoms with van der Waals surface area (Å²) in [5.74, 6) is 0.276. The second-order valence-corrected chi connectivity index (χ2v) is 6.98. The Balaban J connectivity index is 1.50. The Bertz CT molecular complexity index is 629. The topological polar surface area (TPSA) is 109 Å². The van der Waals surface area contributed by atoms with E-state index in [4.69, 9.17) is 5.73 Å². The van der Waals surface area contributed by atoms with Crippen LogP contribution < -0.4 is 11.1 Å². The van der Waals surface area contributed by atoms with Gasteiger partial charge in [0.05, 0.1) is 12.6 Å². The van der Waals surface area contributed by atoms with Crippen LogP contribution in [0.2, 0.25) is 0 Å². The Hall–Kier alpha value is -2.15. The fourth-order valence-electron chi connectivity index (χ4n) is 3.87. The molecule has 4 N–H and O–H groups in total. The molecule has 1 aromatic rings. The lowest BCUT2D eigenvalue weighted by Crippen LogP contribution is -2.44. The second-order valence-electron chi connectivity index (χ2n) is 6.98. The number of likely N-dealkylation sites (tertiary alicyclic amines) is 1. The molecule has 1 aliphatic carbocycles. The number of aliphatic hydroxyl groups excluding tert-OH is 1. The molecule has 25 heavy (non-hydrogen) atoms. The van der Waals surface area contributed by atoms with Crippen LogP contribution in [0.15, 0.2) is 18.2 Å². The predicted molar refractivity (Wildman–Crippen MR) is 93.7 cm³/mol. The lowest BCUT2D eigenvalue weighted by atomic mass is 9.85. The monoisotopic (exact) mass is 346 g/mol. The van der Waals surface area contributed by atoms with E-state index in [1.54, 1.807) is 18.2 Å². The molecule has 136 valence electrons. The number of aliphatic hydroxyl groups is 1. The van der Waals surface area contributed by atoms with Crippen LogP contribution in [0.3, 0.4) is 0 Å². The molecule has 1 aromatic heterocycles. The highest BCUT2D eigenvalue weighted by atomic mass is 16.3. The van der Waals surface area contributed by atoms with Gasteiger partial charge in [-0.05, 0) is 50.7 Å². The van der Waals surface area contributed by atoms with E-state index in [1.807, 2.05) is 4.90 Å². The van der Waals surface area contributed by atoms with Gasteiger partial charge in [-0.2, -0.15) is 0 Å². The summed E-state index contributed by atoms with van der Waals surface area (Å²) in [6.07, 6.45) is 4.95. The van der Waals surface area contributed by atoms with Gasteiger partial charge in [0.15, 0.2) is 0 Å². The van der Waals surface area contributed by atoms with E-state index >= 15 is 0 Å². The van der Waals surface area contributed by atoms with Crippen LogP contribution in [0.1, 0.15) is 49.0 Å². The maximum absolute atomic E-state index is 12.7. The van der Waals surface area contributed by atoms with Crippen molar-refractivity contribution in [2.24, 2.45) is 5.92 Å². The number of carbonyl (C=O) groups excluding carboxylic acids is 2. The van der Waals surface area contributed by atoms with Crippen molar-refractivity contribution in [3.05, 3.63) is 23.9 Å². The molecule has 1 atom stereocenters. The lowest BCUT2D eigenvalue weighted by Gasteiger charge is -2.32. The summed E-state index contributed by atoms with van der Waals surface area (Å²) in [7, 11) is 0. The van der Waals surface area contributed by atoms with Gasteiger partial charge < -0.3 is 21.1 Å². The zero-order valence-corrected chi connectivity index (χ0v) is 14.4. The minimum atomic E-state index is -0.220. The molecule has 2 amide bonds. The SMILES string of the molecule is Nc1cccc(C(=O)NC2CCC(C(=O)N3CCC[C@@H]3CO)CC2)n1. The average Bonchev–Trinajstić information content (AvgIpc) is 3.10. The van der Waals surface area contributed by atoms with Crippen LogP contribution in [-0.2, 0) is 4.79 Å². The molecule has 2 aliphatic rings. The maximum atomic E-state index is 12.7. The van der Waals surface area contributed by atoms with Crippen LogP contribution >= 0.6 is 0 Å². The molecule has 1 saturated heterocycles. The van der Waals surface area contributed by atoms with Crippen LogP contribution in [-0.4, -0.2) is 52.0 Å². The summed E-state index contributed by atoms with van der Waals surface area (Å²) in [6, 6.07) is 5.04. The zero-order chi connectivity index (χ0) is 17.8. The Labute approximate surface area is 147 Å². The van der Waals surface area contributed by atoms with Gasteiger partial charge in [0.25, 0.3) is 5.91 Å². The first kappa shape index (κ1) is 17.7. The van der Waals surface area contributed by atoms with E-state index in [2.05, 4.69) is 10.3 Å². The van der Waals surface area contributed by atoms with Crippen LogP contribution in [0.4, 0.5) is 5.82 Å². The Morgan fingerprint density at radius 2 is 2.00 bits per heavy atom. The lowest BCUT2D eigenvalue weighted by molar-refractivity contribution is -0.138. The fourth-order valence-corrected chi connectivity index (χ4v) is 3.87. The highest BCUT2D eigenvalue weighted by molar-refractivity contribution is 5.92. The van der Waals surface area contributed by atoms with E-state index < -0.39 is 0 Å². The number of rotatable bonds is 4. The summed E-state index contributed by atoms with van der Waals surface area (Å²) >= 11 is 0. The van der Waals surface area contributed by atoms with Gasteiger partial charge >= 0.3 is 0 Å². The van der Waals surface area contributed by atoms with Crippen molar-refractivity contribution >= 4 is 17.6 Å². The molecule has 2 heterocycles. The number of hydrogen-bond acceptors (Lipinski definition) is 5. The number of carbonyl (C=O) groups is 2. The summed E-state index contributed by atoms with van der Waals surface area (Å²) in [6.45, 7) is 0.798. The third-order valence-corrected chi connectivity index (χ3v) is 5.29. The molecule has 7 heteroatoms. The van der Waals surface area contributed by atoms with Gasteiger partial charge in [0.2, 0.25) is 5.91 Å². The summed E-state index contributed by atoms with van der Waals surface area (Å²) in [5, 5.41) is 12.4. The van der Waals surface area contributed by atoms with Gasteiger partial charge in [-0.3, -0.25) is 9.59 Å². The number of nitrogens with two attached hydrogens (primary N) is 1. The summed E-state index contributed by atoms with van der Waals surface area (Å²) < 4.78 is 0. The molecule has 0 aromatic carbocycles. The van der Waals surface area contributed by atoms with Crippen molar-refractivity contribution in [1.29, 1.82) is 0 Å². The van der Waals surface area contributed by atoms with Crippen LogP contribution in [0, 0.1) is 5.92 Å². The van der Waals surface area contributed by atoms with Gasteiger partial charge in [-0.25, -0.2) is 4.98 Å². The van der Waals surface area contributed by atoms with Crippen molar-refractivity contribution < 1.29 is 14.7 Å². The molecule has 3 rings (SSSR count). The van der Waals surface area contributed by atoms with Gasteiger partial charge in [0, 0.05) is 18.5 Å². The van der Waals surface area contributed by atoms with Crippen molar-refractivity contribution in [3.63, 3.8) is 0 Å². The van der Waals surface area contributed by atoms with Crippen molar-refractivity contribution in [2.75, 3.05) is 18.9 Å². The first-order valence-corrected chi connectivity index (χ1v) is 9.03. The number of nitrogen functional groups attached to an aromatic ring is 1. The molecule has 7 nitrogen and oxygen atoms in total. The minimum absolute atomic E-state index is 0.00537. The predicted octanol–water partition coefficient (Wildman–Crippen LogP) is 0.936. The number of nitrogens with one attached hydrogen (secondary N) is 1. The highest BCUT2D eigenvalue weighted by Crippen LogP contribution is 2.29. The maximum Gasteiger partial charge on any atom is 0.270 e. The molecule has 0 spiro atoms. The standard InChI is InChI=1S/C18H26N4O3/c19-16-5-1-4-15(21-16)17(24)20-13-8-6-12(7-9-13)18(25)22-10-2-3-14(22)11-23/h1,4-5,12-14,23H,2-3,6-11H2,(H2,19,21)(H,20,24)/t12?,13?,14-/m1/s1. The average molecular weight is 346 g/mol. The Morgan fingerprint density at radius 3 is 2.68 bits per heavy atom. The number of hydrogen-bond donors (Lipinski definition) is 3. The van der Waals surface area contributed by atoms with E-state index in [9.17, 15) is 14.7 Å². The van der Waals surface area contributed by atoms with Crippen molar-refractivity contribution in [3.8, 4) is 0 Å². The molecule has 1 saturated carbocycles. The third kappa shape index (κ3) is 4.10. The number of amides is 2. The fraction of sp³-hybridized carbons (Fsp3) is 0.611. The largest absolute Gasteiger partial charge is 0.394 e. The van der Waals surface area contributed by atoms with Crippen molar-refractivity contribution in [2.45, 2.75) is 50.6 Å². The molecule has 0 radical (unpaired) electrons. The third-order valence-electron chi connectivity index (χ3n) is 5.29. The van der Waals surface area contributed by atoms with E-state index in [1.165, 1.54) is 0 Å². The zero-order valence-electron chi connectivity index (χ0n) is 14.4. The number of pyridine rings is 1. The van der Waals surface area contributed by atoms with Gasteiger partial charge in [-0.1, -0.05) is 6.07 Å². The number of nitrogens with zero attached hydrogens (tertiary/aromatic N) is 2. The van der Waals surface area contributed by atoms with Gasteiger partial charge in [-0.15, -0.1) is 0 Å². The Kier molecular flexibility index (Phi) is 5.53. The van der Waals surface area contributed by atoms with Crippen LogP contribution in [0.25, 0.3) is 0 Å². The summed E-state index contributed by atoms with van der Waals surface area (Å²) in [4.78, 5) is 30.8. The first-order valence-electron chi connectivity index (χ1n) is 9.03. The molecule has 2 fully saturated rings. The Morgan fingerprint density at radius 1 is 1.24 bits per heavy atom.